The first-order valence-corrected chi connectivity index (χ1v) is 17.0. The van der Waals surface area contributed by atoms with Crippen molar-refractivity contribution >= 4 is 56.4 Å². The number of hydroxylamine groups is 1. The molecule has 2 heterocycles. The van der Waals surface area contributed by atoms with Gasteiger partial charge in [0.25, 0.3) is 11.8 Å². The molecule has 0 bridgehead atoms. The van der Waals surface area contributed by atoms with Crippen LogP contribution in [0.25, 0.3) is 0 Å². The number of nitrogens with zero attached hydrogens (tertiary/aromatic N) is 1. The van der Waals surface area contributed by atoms with Gasteiger partial charge in [-0.2, -0.15) is 0 Å². The maximum atomic E-state index is 14.3. The topological polar surface area (TPSA) is 125 Å². The molecule has 1 aliphatic carbocycles. The summed E-state index contributed by atoms with van der Waals surface area (Å²) in [4.78, 5) is 36.4. The van der Waals surface area contributed by atoms with E-state index in [2.05, 4.69) is 10.2 Å². The first-order chi connectivity index (χ1) is 20.1. The third kappa shape index (κ3) is 6.67. The van der Waals surface area contributed by atoms with Gasteiger partial charge in [-0.1, -0.05) is 60.3 Å². The standard InChI is InChI=1S/C29H31Cl2N3O6S2/c1-42(38,39)33-24-8-4-5-9-25(24)34-27(22-11-10-18(30)13-23(22)31)26(20-6-2-3-7-21(20)29(34)37)28(36)32-40-15-19-12-17(14-35)16-41-19/h2-3,6-7,10-13,16,24-27,33,35H,4-5,8-9,14-15H2,1H3,(H,32,36)/t24-,25-,26+,27-/m0/s1. The van der Waals surface area contributed by atoms with E-state index in [1.807, 2.05) is 5.38 Å². The smallest absolute Gasteiger partial charge is 0.255 e. The van der Waals surface area contributed by atoms with Crippen molar-refractivity contribution in [2.24, 2.45) is 0 Å². The predicted octanol–water partition coefficient (Wildman–Crippen LogP) is 4.94. The summed E-state index contributed by atoms with van der Waals surface area (Å²) in [6.45, 7) is -0.00573. The molecule has 2 aliphatic rings. The van der Waals surface area contributed by atoms with Gasteiger partial charge in [-0.05, 0) is 59.2 Å². The molecule has 42 heavy (non-hydrogen) atoms. The SMILES string of the molecule is CS(=O)(=O)N[C@H]1CCCC[C@@H]1N1C(=O)c2ccccc2[C@@H](C(=O)NOCc2cc(CO)cs2)[C@@H]1c1ccc(Cl)cc1Cl. The summed E-state index contributed by atoms with van der Waals surface area (Å²) in [6, 6.07) is 11.7. The number of carbonyl (C=O) groups is 2. The highest BCUT2D eigenvalue weighted by Gasteiger charge is 2.49. The summed E-state index contributed by atoms with van der Waals surface area (Å²) in [7, 11) is -3.58. The van der Waals surface area contributed by atoms with Crippen LogP contribution in [-0.2, 0) is 32.9 Å². The largest absolute Gasteiger partial charge is 0.392 e. The molecule has 13 heteroatoms. The van der Waals surface area contributed by atoms with Crippen LogP contribution in [0.5, 0.6) is 0 Å². The number of aliphatic hydroxyl groups excluding tert-OH is 1. The third-order valence-corrected chi connectivity index (χ3v) is 9.92. The van der Waals surface area contributed by atoms with Crippen molar-refractivity contribution in [1.29, 1.82) is 0 Å². The van der Waals surface area contributed by atoms with E-state index in [9.17, 15) is 23.1 Å². The van der Waals surface area contributed by atoms with Gasteiger partial charge in [0.2, 0.25) is 10.0 Å². The van der Waals surface area contributed by atoms with Crippen molar-refractivity contribution in [3.05, 3.63) is 91.1 Å². The van der Waals surface area contributed by atoms with Crippen LogP contribution in [0, 0.1) is 0 Å². The summed E-state index contributed by atoms with van der Waals surface area (Å²) in [5.74, 6) is -1.73. The maximum absolute atomic E-state index is 14.3. The van der Waals surface area contributed by atoms with Gasteiger partial charge in [0.15, 0.2) is 0 Å². The third-order valence-electron chi connectivity index (χ3n) is 7.67. The van der Waals surface area contributed by atoms with Gasteiger partial charge >= 0.3 is 0 Å². The van der Waals surface area contributed by atoms with E-state index in [4.69, 9.17) is 28.0 Å². The minimum absolute atomic E-state index is 0.0861. The summed E-state index contributed by atoms with van der Waals surface area (Å²) < 4.78 is 27.4. The summed E-state index contributed by atoms with van der Waals surface area (Å²) in [5.41, 5.74) is 4.71. The lowest BCUT2D eigenvalue weighted by Gasteiger charge is -2.49. The molecule has 224 valence electrons. The van der Waals surface area contributed by atoms with E-state index >= 15 is 0 Å². The lowest BCUT2D eigenvalue weighted by atomic mass is 9.76. The van der Waals surface area contributed by atoms with E-state index in [1.165, 1.54) is 11.3 Å². The summed E-state index contributed by atoms with van der Waals surface area (Å²) in [5, 5.41) is 11.8. The number of amides is 2. The zero-order chi connectivity index (χ0) is 30.0. The number of nitrogens with one attached hydrogen (secondary N) is 2. The van der Waals surface area contributed by atoms with Crippen molar-refractivity contribution in [3.63, 3.8) is 0 Å². The monoisotopic (exact) mass is 651 g/mol. The molecule has 2 aromatic carbocycles. The van der Waals surface area contributed by atoms with E-state index in [0.717, 1.165) is 29.5 Å². The molecular formula is C29H31Cl2N3O6S2. The van der Waals surface area contributed by atoms with E-state index in [0.29, 0.717) is 34.6 Å². The van der Waals surface area contributed by atoms with Gasteiger partial charge in [-0.3, -0.25) is 14.4 Å². The van der Waals surface area contributed by atoms with Crippen LogP contribution in [-0.4, -0.2) is 48.6 Å². The fourth-order valence-electron chi connectivity index (χ4n) is 5.95. The first-order valence-electron chi connectivity index (χ1n) is 13.5. The van der Waals surface area contributed by atoms with Gasteiger partial charge in [0.1, 0.15) is 6.61 Å². The van der Waals surface area contributed by atoms with Crippen LogP contribution >= 0.6 is 34.5 Å². The number of halogens is 2. The van der Waals surface area contributed by atoms with Crippen LogP contribution in [0.3, 0.4) is 0 Å². The molecule has 1 fully saturated rings. The number of fused-ring (bicyclic) bond motifs is 1. The van der Waals surface area contributed by atoms with Gasteiger partial charge in [-0.25, -0.2) is 18.6 Å². The lowest BCUT2D eigenvalue weighted by molar-refractivity contribution is -0.138. The Morgan fingerprint density at radius 2 is 1.88 bits per heavy atom. The van der Waals surface area contributed by atoms with Crippen molar-refractivity contribution in [2.75, 3.05) is 6.26 Å². The molecule has 0 saturated heterocycles. The average Bonchev–Trinajstić information content (AvgIpc) is 3.41. The first kappa shape index (κ1) is 30.9. The second-order valence-corrected chi connectivity index (χ2v) is 14.2. The molecule has 9 nitrogen and oxygen atoms in total. The molecule has 0 radical (unpaired) electrons. The Labute approximate surface area is 258 Å². The number of thiophene rings is 1. The molecule has 0 spiro atoms. The van der Waals surface area contributed by atoms with Gasteiger partial charge in [0, 0.05) is 32.6 Å². The Bertz CT molecular complexity index is 1580. The fraction of sp³-hybridized carbons (Fsp3) is 0.379. The number of rotatable bonds is 9. The van der Waals surface area contributed by atoms with Gasteiger partial charge in [-0.15, -0.1) is 11.3 Å². The Hall–Kier alpha value is -2.51. The van der Waals surface area contributed by atoms with Crippen molar-refractivity contribution < 1.29 is 28.0 Å². The van der Waals surface area contributed by atoms with Gasteiger partial charge in [0.05, 0.1) is 24.8 Å². The van der Waals surface area contributed by atoms with Crippen molar-refractivity contribution in [3.8, 4) is 0 Å². The van der Waals surface area contributed by atoms with E-state index in [-0.39, 0.29) is 24.1 Å². The molecule has 3 aromatic rings. The molecule has 1 aliphatic heterocycles. The molecule has 3 N–H and O–H groups in total. The highest BCUT2D eigenvalue weighted by molar-refractivity contribution is 7.88. The van der Waals surface area contributed by atoms with Crippen LogP contribution in [0.1, 0.15) is 69.6 Å². The number of benzene rings is 2. The fourth-order valence-corrected chi connectivity index (χ4v) is 8.09. The van der Waals surface area contributed by atoms with E-state index in [1.54, 1.807) is 53.4 Å². The minimum Gasteiger partial charge on any atom is -0.392 e. The maximum Gasteiger partial charge on any atom is 0.255 e. The Balaban J connectivity index is 1.58. The number of aliphatic hydroxyl groups is 1. The van der Waals surface area contributed by atoms with Crippen LogP contribution in [0.2, 0.25) is 10.0 Å². The Morgan fingerprint density at radius 1 is 1.12 bits per heavy atom. The zero-order valence-electron chi connectivity index (χ0n) is 22.8. The second kappa shape index (κ2) is 13.0. The number of hydrogen-bond acceptors (Lipinski definition) is 7. The van der Waals surface area contributed by atoms with Crippen LogP contribution in [0.4, 0.5) is 0 Å². The molecule has 1 aromatic heterocycles. The van der Waals surface area contributed by atoms with Gasteiger partial charge < -0.3 is 10.0 Å². The van der Waals surface area contributed by atoms with Crippen LogP contribution < -0.4 is 10.2 Å². The number of carbonyl (C=O) groups excluding carboxylic acids is 2. The molecule has 5 rings (SSSR count). The molecule has 0 unspecified atom stereocenters. The average molecular weight is 653 g/mol. The number of hydrogen-bond donors (Lipinski definition) is 3. The molecule has 2 amide bonds. The minimum atomic E-state index is -3.58. The van der Waals surface area contributed by atoms with Crippen LogP contribution in [0.15, 0.2) is 53.9 Å². The molecule has 1 saturated carbocycles. The predicted molar refractivity (Wildman–Crippen MR) is 162 cm³/mol. The van der Waals surface area contributed by atoms with Crippen molar-refractivity contribution in [1.82, 2.24) is 15.1 Å². The Morgan fingerprint density at radius 3 is 2.60 bits per heavy atom. The number of sulfonamides is 1. The quantitative estimate of drug-likeness (QED) is 0.282. The van der Waals surface area contributed by atoms with E-state index < -0.39 is 40.0 Å². The summed E-state index contributed by atoms with van der Waals surface area (Å²) >= 11 is 14.4. The highest BCUT2D eigenvalue weighted by Crippen LogP contribution is 2.47. The molecular weight excluding hydrogens is 621 g/mol. The van der Waals surface area contributed by atoms with Crippen molar-refractivity contribution in [2.45, 2.75) is 62.9 Å². The molecule has 4 atom stereocenters. The lowest BCUT2D eigenvalue weighted by Crippen LogP contribution is -2.59. The highest BCUT2D eigenvalue weighted by atomic mass is 35.5. The zero-order valence-corrected chi connectivity index (χ0v) is 25.9. The Kier molecular flexibility index (Phi) is 9.58. The normalized spacial score (nSPS) is 22.6. The summed E-state index contributed by atoms with van der Waals surface area (Å²) in [6.07, 6.45) is 3.77. The second-order valence-electron chi connectivity index (χ2n) is 10.6.